The highest BCUT2D eigenvalue weighted by Crippen LogP contribution is 1.94. The van der Waals surface area contributed by atoms with Gasteiger partial charge in [0.05, 0.1) is 6.04 Å². The molecule has 1 atom stereocenters. The predicted molar refractivity (Wildman–Crippen MR) is 47.2 cm³/mol. The van der Waals surface area contributed by atoms with E-state index in [1.807, 2.05) is 0 Å². The van der Waals surface area contributed by atoms with Crippen LogP contribution in [0.2, 0.25) is 0 Å². The van der Waals surface area contributed by atoms with E-state index in [-0.39, 0.29) is 12.6 Å². The molecule has 0 amide bonds. The van der Waals surface area contributed by atoms with Gasteiger partial charge in [-0.15, -0.1) is 6.42 Å². The smallest absolute Gasteiger partial charge is 0.0686 e. The average Bonchev–Trinajstić information content (AvgIpc) is 2.03. The van der Waals surface area contributed by atoms with Gasteiger partial charge in [-0.2, -0.15) is 0 Å². The summed E-state index contributed by atoms with van der Waals surface area (Å²) in [5, 5.41) is 11.7. The Morgan fingerprint density at radius 3 is 2.82 bits per heavy atom. The average molecular weight is 155 g/mol. The van der Waals surface area contributed by atoms with E-state index in [1.165, 1.54) is 0 Å². The Bertz CT molecular complexity index is 117. The summed E-state index contributed by atoms with van der Waals surface area (Å²) in [5.41, 5.74) is 0. The van der Waals surface area contributed by atoms with Crippen molar-refractivity contribution in [1.82, 2.24) is 5.32 Å². The number of aliphatic hydroxyl groups excluding tert-OH is 1. The highest BCUT2D eigenvalue weighted by molar-refractivity contribution is 4.98. The lowest BCUT2D eigenvalue weighted by Gasteiger charge is -2.10. The molecule has 0 aliphatic heterocycles. The normalized spacial score (nSPS) is 12.5. The number of hydrogen-bond donors (Lipinski definition) is 2. The van der Waals surface area contributed by atoms with E-state index in [2.05, 4.69) is 18.2 Å². The van der Waals surface area contributed by atoms with Crippen LogP contribution in [0.25, 0.3) is 0 Å². The van der Waals surface area contributed by atoms with Crippen LogP contribution < -0.4 is 5.32 Å². The first kappa shape index (κ1) is 10.5. The lowest BCUT2D eigenvalue weighted by atomic mass is 10.2. The molecule has 0 saturated carbocycles. The van der Waals surface area contributed by atoms with Gasteiger partial charge >= 0.3 is 0 Å². The summed E-state index contributed by atoms with van der Waals surface area (Å²) in [5.74, 6) is 2.67. The molecule has 0 saturated heterocycles. The molecule has 0 aromatic heterocycles. The molecule has 64 valence electrons. The third kappa shape index (κ3) is 5.90. The van der Waals surface area contributed by atoms with Gasteiger partial charge in [0.1, 0.15) is 0 Å². The minimum absolute atomic E-state index is 0.187. The van der Waals surface area contributed by atoms with Gasteiger partial charge in [-0.25, -0.2) is 0 Å². The van der Waals surface area contributed by atoms with Crippen molar-refractivity contribution in [2.24, 2.45) is 0 Å². The van der Waals surface area contributed by atoms with Gasteiger partial charge in [0.15, 0.2) is 0 Å². The van der Waals surface area contributed by atoms with Crippen LogP contribution in [0.3, 0.4) is 0 Å². The monoisotopic (exact) mass is 155 g/mol. The molecule has 2 heteroatoms. The van der Waals surface area contributed by atoms with Crippen molar-refractivity contribution in [2.45, 2.75) is 32.2 Å². The second-order valence-electron chi connectivity index (χ2n) is 2.54. The van der Waals surface area contributed by atoms with E-state index in [0.29, 0.717) is 0 Å². The van der Waals surface area contributed by atoms with Gasteiger partial charge in [-0.05, 0) is 19.4 Å². The minimum Gasteiger partial charge on any atom is -0.396 e. The number of rotatable bonds is 6. The highest BCUT2D eigenvalue weighted by Gasteiger charge is 1.99. The van der Waals surface area contributed by atoms with E-state index >= 15 is 0 Å². The molecule has 0 heterocycles. The molecule has 0 aliphatic rings. The molecule has 0 fully saturated rings. The van der Waals surface area contributed by atoms with E-state index in [4.69, 9.17) is 11.5 Å². The summed E-state index contributed by atoms with van der Waals surface area (Å²) in [6.45, 7) is 3.15. The second-order valence-corrected chi connectivity index (χ2v) is 2.54. The highest BCUT2D eigenvalue weighted by atomic mass is 16.3. The van der Waals surface area contributed by atoms with Crippen molar-refractivity contribution in [2.75, 3.05) is 13.2 Å². The zero-order chi connectivity index (χ0) is 8.53. The maximum Gasteiger partial charge on any atom is 0.0686 e. The van der Waals surface area contributed by atoms with Gasteiger partial charge < -0.3 is 10.4 Å². The molecule has 0 rings (SSSR count). The van der Waals surface area contributed by atoms with Crippen molar-refractivity contribution in [3.05, 3.63) is 0 Å². The molecule has 0 aliphatic carbocycles. The van der Waals surface area contributed by atoms with Crippen molar-refractivity contribution in [3.8, 4) is 12.3 Å². The van der Waals surface area contributed by atoms with Crippen molar-refractivity contribution < 1.29 is 5.11 Å². The number of aliphatic hydroxyl groups is 1. The second kappa shape index (κ2) is 7.59. The third-order valence-corrected chi connectivity index (χ3v) is 1.50. The standard InChI is InChI=1S/C9H17NO/c1-3-6-9(4-2)10-7-5-8-11/h2,9-11H,3,5-8H2,1H3. The van der Waals surface area contributed by atoms with Crippen molar-refractivity contribution in [1.29, 1.82) is 0 Å². The Kier molecular flexibility index (Phi) is 7.23. The van der Waals surface area contributed by atoms with Crippen LogP contribution in [-0.4, -0.2) is 24.3 Å². The SMILES string of the molecule is C#CC(CCC)NCCCO. The van der Waals surface area contributed by atoms with E-state index < -0.39 is 0 Å². The van der Waals surface area contributed by atoms with E-state index in [1.54, 1.807) is 0 Å². The molecule has 2 nitrogen and oxygen atoms in total. The van der Waals surface area contributed by atoms with E-state index in [0.717, 1.165) is 25.8 Å². The topological polar surface area (TPSA) is 32.3 Å². The fraction of sp³-hybridized carbons (Fsp3) is 0.778. The third-order valence-electron chi connectivity index (χ3n) is 1.50. The fourth-order valence-corrected chi connectivity index (χ4v) is 0.888. The maximum atomic E-state index is 8.49. The Balaban J connectivity index is 3.30. The summed E-state index contributed by atoms with van der Waals surface area (Å²) in [6, 6.07) is 0.187. The van der Waals surface area contributed by atoms with Gasteiger partial charge in [-0.1, -0.05) is 19.3 Å². The zero-order valence-corrected chi connectivity index (χ0v) is 7.14. The quantitative estimate of drug-likeness (QED) is 0.438. The van der Waals surface area contributed by atoms with Crippen LogP contribution in [0.4, 0.5) is 0 Å². The van der Waals surface area contributed by atoms with Gasteiger partial charge in [0.25, 0.3) is 0 Å². The van der Waals surface area contributed by atoms with Crippen LogP contribution in [-0.2, 0) is 0 Å². The first-order valence-electron chi connectivity index (χ1n) is 4.15. The first-order chi connectivity index (χ1) is 5.35. The van der Waals surface area contributed by atoms with Crippen molar-refractivity contribution >= 4 is 0 Å². The van der Waals surface area contributed by atoms with Crippen LogP contribution in [0.5, 0.6) is 0 Å². The summed E-state index contributed by atoms with van der Waals surface area (Å²) in [4.78, 5) is 0. The van der Waals surface area contributed by atoms with Crippen LogP contribution in [0.15, 0.2) is 0 Å². The molecular formula is C9H17NO. The Morgan fingerprint density at radius 1 is 1.64 bits per heavy atom. The van der Waals surface area contributed by atoms with Crippen LogP contribution in [0.1, 0.15) is 26.2 Å². The molecule has 0 aromatic rings. The Labute approximate surface area is 69.0 Å². The van der Waals surface area contributed by atoms with Gasteiger partial charge in [0, 0.05) is 6.61 Å². The lowest BCUT2D eigenvalue weighted by molar-refractivity contribution is 0.284. The first-order valence-corrected chi connectivity index (χ1v) is 4.15. The van der Waals surface area contributed by atoms with Crippen LogP contribution in [0, 0.1) is 12.3 Å². The van der Waals surface area contributed by atoms with E-state index in [9.17, 15) is 0 Å². The predicted octanol–water partition coefficient (Wildman–Crippen LogP) is 0.760. The van der Waals surface area contributed by atoms with Gasteiger partial charge in [-0.3, -0.25) is 0 Å². The number of hydrogen-bond acceptors (Lipinski definition) is 2. The van der Waals surface area contributed by atoms with Crippen molar-refractivity contribution in [3.63, 3.8) is 0 Å². The summed E-state index contributed by atoms with van der Waals surface area (Å²) in [7, 11) is 0. The van der Waals surface area contributed by atoms with Gasteiger partial charge in [0.2, 0.25) is 0 Å². The molecule has 2 N–H and O–H groups in total. The zero-order valence-electron chi connectivity index (χ0n) is 7.14. The van der Waals surface area contributed by atoms with Crippen LogP contribution >= 0.6 is 0 Å². The maximum absolute atomic E-state index is 8.49. The lowest BCUT2D eigenvalue weighted by Crippen LogP contribution is -2.28. The molecule has 0 bridgehead atoms. The summed E-state index contributed by atoms with van der Waals surface area (Å²) < 4.78 is 0. The number of terminal acetylenes is 1. The summed E-state index contributed by atoms with van der Waals surface area (Å²) in [6.07, 6.45) is 8.16. The summed E-state index contributed by atoms with van der Waals surface area (Å²) >= 11 is 0. The molecule has 0 aromatic carbocycles. The largest absolute Gasteiger partial charge is 0.396 e. The number of nitrogens with one attached hydrogen (secondary N) is 1. The molecule has 1 unspecified atom stereocenters. The minimum atomic E-state index is 0.187. The Hall–Kier alpha value is -0.520. The molecule has 11 heavy (non-hydrogen) atoms. The molecule has 0 radical (unpaired) electrons. The Morgan fingerprint density at radius 2 is 2.36 bits per heavy atom. The molecule has 0 spiro atoms. The molecular weight excluding hydrogens is 138 g/mol. The fourth-order valence-electron chi connectivity index (χ4n) is 0.888.